The Bertz CT molecular complexity index is 276. The van der Waals surface area contributed by atoms with Gasteiger partial charge in [0.15, 0.2) is 0 Å². The Morgan fingerprint density at radius 1 is 1.43 bits per heavy atom. The van der Waals surface area contributed by atoms with Gasteiger partial charge in [-0.2, -0.15) is 0 Å². The zero-order valence-electron chi connectivity index (χ0n) is 8.86. The lowest BCUT2D eigenvalue weighted by Crippen LogP contribution is -2.59. The predicted molar refractivity (Wildman–Crippen MR) is 56.0 cm³/mol. The molecule has 0 bridgehead atoms. The molecule has 1 fully saturated rings. The van der Waals surface area contributed by atoms with Gasteiger partial charge in [0.05, 0.1) is 11.4 Å². The van der Waals surface area contributed by atoms with Gasteiger partial charge in [-0.15, -0.1) is 0 Å². The lowest BCUT2D eigenvalue weighted by Gasteiger charge is -2.44. The van der Waals surface area contributed by atoms with Gasteiger partial charge in [0.2, 0.25) is 0 Å². The van der Waals surface area contributed by atoms with E-state index < -0.39 is 15.4 Å². The Morgan fingerprint density at radius 2 is 2.00 bits per heavy atom. The average molecular weight is 221 g/mol. The minimum Gasteiger partial charge on any atom is -0.388 e. The van der Waals surface area contributed by atoms with Crippen molar-refractivity contribution in [1.82, 2.24) is 4.90 Å². The van der Waals surface area contributed by atoms with Crippen LogP contribution in [0.2, 0.25) is 0 Å². The summed E-state index contributed by atoms with van der Waals surface area (Å²) >= 11 is 0. The molecular formula is C9H19NO3S. The Kier molecular flexibility index (Phi) is 3.55. The van der Waals surface area contributed by atoms with E-state index in [1.54, 1.807) is 13.8 Å². The summed E-state index contributed by atoms with van der Waals surface area (Å²) in [4.78, 5) is 2.07. The molecule has 1 rings (SSSR count). The maximum atomic E-state index is 11.1. The SMILES string of the molecule is CCS(=O)(=O)CCCN1CC(C)(O)C1. The minimum atomic E-state index is -2.82. The fourth-order valence-corrected chi connectivity index (χ4v) is 2.59. The molecule has 0 aromatic heterocycles. The van der Waals surface area contributed by atoms with Gasteiger partial charge in [0.1, 0.15) is 9.84 Å². The van der Waals surface area contributed by atoms with E-state index >= 15 is 0 Å². The molecule has 1 saturated heterocycles. The van der Waals surface area contributed by atoms with Gasteiger partial charge in [-0.3, -0.25) is 4.90 Å². The van der Waals surface area contributed by atoms with Crippen LogP contribution in [0.25, 0.3) is 0 Å². The second kappa shape index (κ2) is 4.16. The first-order valence-corrected chi connectivity index (χ1v) is 6.82. The molecule has 0 atom stereocenters. The molecule has 1 aliphatic rings. The molecule has 14 heavy (non-hydrogen) atoms. The third-order valence-electron chi connectivity index (χ3n) is 2.50. The van der Waals surface area contributed by atoms with Gasteiger partial charge in [0.25, 0.3) is 0 Å². The van der Waals surface area contributed by atoms with Crippen LogP contribution in [-0.2, 0) is 9.84 Å². The largest absolute Gasteiger partial charge is 0.388 e. The normalized spacial score (nSPS) is 21.9. The molecule has 84 valence electrons. The van der Waals surface area contributed by atoms with Crippen molar-refractivity contribution >= 4 is 9.84 Å². The summed E-state index contributed by atoms with van der Waals surface area (Å²) in [5.41, 5.74) is -0.552. The van der Waals surface area contributed by atoms with Gasteiger partial charge in [0, 0.05) is 18.8 Å². The highest BCUT2D eigenvalue weighted by Crippen LogP contribution is 2.19. The fraction of sp³-hybridized carbons (Fsp3) is 1.00. The summed E-state index contributed by atoms with van der Waals surface area (Å²) < 4.78 is 22.3. The third-order valence-corrected chi connectivity index (χ3v) is 4.29. The number of hydrogen-bond acceptors (Lipinski definition) is 4. The van der Waals surface area contributed by atoms with E-state index in [9.17, 15) is 13.5 Å². The van der Waals surface area contributed by atoms with Crippen molar-refractivity contribution in [2.24, 2.45) is 0 Å². The van der Waals surface area contributed by atoms with Crippen LogP contribution in [0.15, 0.2) is 0 Å². The maximum absolute atomic E-state index is 11.1. The Morgan fingerprint density at radius 3 is 2.43 bits per heavy atom. The van der Waals surface area contributed by atoms with Crippen molar-refractivity contribution in [3.05, 3.63) is 0 Å². The second-order valence-electron chi connectivity index (χ2n) is 4.30. The number of sulfone groups is 1. The fourth-order valence-electron chi connectivity index (χ4n) is 1.73. The number of rotatable bonds is 5. The van der Waals surface area contributed by atoms with E-state index in [1.165, 1.54) is 0 Å². The summed E-state index contributed by atoms with van der Waals surface area (Å²) in [6.07, 6.45) is 0.673. The monoisotopic (exact) mass is 221 g/mol. The third kappa shape index (κ3) is 3.55. The first-order chi connectivity index (χ1) is 6.35. The molecule has 0 unspecified atom stereocenters. The van der Waals surface area contributed by atoms with Gasteiger partial charge in [-0.25, -0.2) is 8.42 Å². The first-order valence-electron chi connectivity index (χ1n) is 5.00. The Balaban J connectivity index is 2.12. The number of β-amino-alcohol motifs (C(OH)–C–C–N with tert-alkyl or cyclic N) is 1. The van der Waals surface area contributed by atoms with Crippen molar-refractivity contribution < 1.29 is 13.5 Å². The molecule has 0 aromatic rings. The molecule has 0 amide bonds. The van der Waals surface area contributed by atoms with Crippen LogP contribution in [-0.4, -0.2) is 55.2 Å². The van der Waals surface area contributed by atoms with Crippen LogP contribution < -0.4 is 0 Å². The summed E-state index contributed by atoms with van der Waals surface area (Å²) in [6, 6.07) is 0. The highest BCUT2D eigenvalue weighted by Gasteiger charge is 2.35. The number of likely N-dealkylation sites (tertiary alicyclic amines) is 1. The summed E-state index contributed by atoms with van der Waals surface area (Å²) in [7, 11) is -2.82. The Hall–Kier alpha value is -0.130. The molecule has 1 N–H and O–H groups in total. The van der Waals surface area contributed by atoms with E-state index in [4.69, 9.17) is 0 Å². The highest BCUT2D eigenvalue weighted by molar-refractivity contribution is 7.91. The van der Waals surface area contributed by atoms with E-state index in [2.05, 4.69) is 4.90 Å². The topological polar surface area (TPSA) is 57.6 Å². The number of nitrogens with zero attached hydrogens (tertiary/aromatic N) is 1. The number of aliphatic hydroxyl groups is 1. The summed E-state index contributed by atoms with van der Waals surface area (Å²) in [6.45, 7) is 5.57. The molecular weight excluding hydrogens is 202 g/mol. The van der Waals surface area contributed by atoms with E-state index in [-0.39, 0.29) is 11.5 Å². The van der Waals surface area contributed by atoms with Crippen LogP contribution in [0.1, 0.15) is 20.3 Å². The molecule has 5 heteroatoms. The average Bonchev–Trinajstić information content (AvgIpc) is 2.01. The van der Waals surface area contributed by atoms with Gasteiger partial charge in [-0.1, -0.05) is 6.92 Å². The van der Waals surface area contributed by atoms with Crippen molar-refractivity contribution in [2.75, 3.05) is 31.1 Å². The Labute approximate surface area is 85.8 Å². The highest BCUT2D eigenvalue weighted by atomic mass is 32.2. The molecule has 0 radical (unpaired) electrons. The summed E-state index contributed by atoms with van der Waals surface area (Å²) in [5.74, 6) is 0.493. The van der Waals surface area contributed by atoms with E-state index in [0.29, 0.717) is 19.5 Å². The van der Waals surface area contributed by atoms with Crippen LogP contribution in [0.3, 0.4) is 0 Å². The molecule has 1 aliphatic heterocycles. The van der Waals surface area contributed by atoms with Crippen LogP contribution in [0, 0.1) is 0 Å². The zero-order chi connectivity index (χ0) is 10.8. The van der Waals surface area contributed by atoms with Crippen molar-refractivity contribution in [2.45, 2.75) is 25.9 Å². The lowest BCUT2D eigenvalue weighted by atomic mass is 9.97. The van der Waals surface area contributed by atoms with Gasteiger partial charge < -0.3 is 5.11 Å². The minimum absolute atomic E-state index is 0.227. The molecule has 0 saturated carbocycles. The molecule has 1 heterocycles. The molecule has 0 aliphatic carbocycles. The van der Waals surface area contributed by atoms with Crippen molar-refractivity contribution in [1.29, 1.82) is 0 Å². The van der Waals surface area contributed by atoms with Crippen LogP contribution in [0.5, 0.6) is 0 Å². The van der Waals surface area contributed by atoms with E-state index in [0.717, 1.165) is 6.54 Å². The first kappa shape index (κ1) is 11.9. The van der Waals surface area contributed by atoms with Crippen molar-refractivity contribution in [3.63, 3.8) is 0 Å². The molecule has 0 aromatic carbocycles. The molecule has 4 nitrogen and oxygen atoms in total. The molecule has 0 spiro atoms. The predicted octanol–water partition coefficient (Wildman–Crippen LogP) is -0.122. The quantitative estimate of drug-likeness (QED) is 0.703. The standard InChI is InChI=1S/C9H19NO3S/c1-3-14(12,13)6-4-5-10-7-9(2,11)8-10/h11H,3-8H2,1-2H3. The lowest BCUT2D eigenvalue weighted by molar-refractivity contribution is -0.0826. The van der Waals surface area contributed by atoms with Gasteiger partial charge >= 0.3 is 0 Å². The smallest absolute Gasteiger partial charge is 0.150 e. The van der Waals surface area contributed by atoms with E-state index in [1.807, 2.05) is 0 Å². The second-order valence-corrected chi connectivity index (χ2v) is 6.77. The summed E-state index contributed by atoms with van der Waals surface area (Å²) in [5, 5.41) is 9.43. The maximum Gasteiger partial charge on any atom is 0.150 e. The van der Waals surface area contributed by atoms with Crippen molar-refractivity contribution in [3.8, 4) is 0 Å². The van der Waals surface area contributed by atoms with Crippen LogP contribution in [0.4, 0.5) is 0 Å². The number of hydrogen-bond donors (Lipinski definition) is 1. The van der Waals surface area contributed by atoms with Gasteiger partial charge in [-0.05, 0) is 19.9 Å². The van der Waals surface area contributed by atoms with Crippen LogP contribution >= 0.6 is 0 Å². The zero-order valence-corrected chi connectivity index (χ0v) is 9.68.